The van der Waals surface area contributed by atoms with Gasteiger partial charge in [0, 0.05) is 13.0 Å². The molecule has 0 aliphatic carbocycles. The molecule has 0 aliphatic heterocycles. The molecule has 0 spiro atoms. The lowest BCUT2D eigenvalue weighted by atomic mass is 10.0. The zero-order valence-corrected chi connectivity index (χ0v) is 20.4. The lowest BCUT2D eigenvalue weighted by molar-refractivity contribution is -0.136. The molecule has 4 N–H and O–H groups in total. The van der Waals surface area contributed by atoms with Gasteiger partial charge in [-0.2, -0.15) is 0 Å². The number of methoxy groups -OCH3 is 1. The first-order valence-corrected chi connectivity index (χ1v) is 11.7. The van der Waals surface area contributed by atoms with Crippen LogP contribution in [0.2, 0.25) is 0 Å². The van der Waals surface area contributed by atoms with E-state index >= 15 is 0 Å². The van der Waals surface area contributed by atoms with Gasteiger partial charge in [-0.05, 0) is 47.7 Å². The number of carbonyl (C=O) groups is 2. The molecule has 36 heavy (non-hydrogen) atoms. The van der Waals surface area contributed by atoms with Crippen LogP contribution in [0.5, 0.6) is 5.75 Å². The Morgan fingerprint density at radius 2 is 1.58 bits per heavy atom. The van der Waals surface area contributed by atoms with Gasteiger partial charge in [0.25, 0.3) is 0 Å². The molecule has 1 unspecified atom stereocenters. The van der Waals surface area contributed by atoms with E-state index in [4.69, 9.17) is 9.39 Å². The van der Waals surface area contributed by atoms with Crippen molar-refractivity contribution in [2.75, 3.05) is 13.7 Å². The van der Waals surface area contributed by atoms with Crippen molar-refractivity contribution in [2.24, 2.45) is 5.92 Å². The highest BCUT2D eigenvalue weighted by atomic mass is 16.6. The van der Waals surface area contributed by atoms with Crippen molar-refractivity contribution in [2.45, 2.75) is 26.0 Å². The molecule has 3 rings (SSSR count). The van der Waals surface area contributed by atoms with Crippen molar-refractivity contribution >= 4 is 19.1 Å². The minimum atomic E-state index is -2.08. The van der Waals surface area contributed by atoms with Crippen LogP contribution in [0.1, 0.15) is 18.1 Å². The second-order valence-corrected chi connectivity index (χ2v) is 8.34. The number of ether oxygens (including phenoxy) is 1. The van der Waals surface area contributed by atoms with Crippen LogP contribution < -0.4 is 15.4 Å². The van der Waals surface area contributed by atoms with Gasteiger partial charge < -0.3 is 30.1 Å². The van der Waals surface area contributed by atoms with Crippen molar-refractivity contribution in [3.05, 3.63) is 90.0 Å². The number of benzene rings is 3. The summed E-state index contributed by atoms with van der Waals surface area (Å²) in [5.74, 6) is -1.29. The van der Waals surface area contributed by atoms with Crippen LogP contribution in [0.3, 0.4) is 0 Å². The maximum Gasteiger partial charge on any atom is 0.635 e. The highest BCUT2D eigenvalue weighted by molar-refractivity contribution is 6.32. The van der Waals surface area contributed by atoms with Crippen LogP contribution in [0.4, 0.5) is 0 Å². The summed E-state index contributed by atoms with van der Waals surface area (Å²) < 4.78 is 10.3. The molecular weight excluding hydrogens is 459 g/mol. The average Bonchev–Trinajstić information content (AvgIpc) is 2.88. The number of rotatable bonds is 12. The zero-order chi connectivity index (χ0) is 25.9. The summed E-state index contributed by atoms with van der Waals surface area (Å²) in [6.07, 6.45) is -0.270. The Kier molecular flexibility index (Phi) is 10.1. The van der Waals surface area contributed by atoms with E-state index in [1.165, 1.54) is 6.92 Å². The van der Waals surface area contributed by atoms with Crippen molar-refractivity contribution in [3.8, 4) is 16.9 Å². The predicted molar refractivity (Wildman–Crippen MR) is 138 cm³/mol. The molecule has 0 aliphatic rings. The molecule has 0 saturated carbocycles. The van der Waals surface area contributed by atoms with E-state index in [2.05, 4.69) is 10.6 Å². The maximum atomic E-state index is 12.7. The third kappa shape index (κ3) is 8.23. The molecule has 188 valence electrons. The summed E-state index contributed by atoms with van der Waals surface area (Å²) in [5.41, 5.74) is 3.91. The highest BCUT2D eigenvalue weighted by Gasteiger charge is 2.26. The molecule has 0 bridgehead atoms. The van der Waals surface area contributed by atoms with E-state index in [1.54, 1.807) is 7.11 Å². The molecule has 2 atom stereocenters. The minimum Gasteiger partial charge on any atom is -0.497 e. The number of hydrogen-bond acceptors (Lipinski definition) is 6. The number of amides is 2. The third-order valence-electron chi connectivity index (χ3n) is 5.71. The van der Waals surface area contributed by atoms with E-state index < -0.39 is 31.3 Å². The molecule has 3 aromatic carbocycles. The Hall–Kier alpha value is -3.66. The summed E-state index contributed by atoms with van der Waals surface area (Å²) in [5, 5.41) is 24.0. The van der Waals surface area contributed by atoms with E-state index in [0.717, 1.165) is 28.0 Å². The Morgan fingerprint density at radius 1 is 0.889 bits per heavy atom. The van der Waals surface area contributed by atoms with Crippen molar-refractivity contribution in [1.82, 2.24) is 10.6 Å². The Bertz CT molecular complexity index is 1120. The summed E-state index contributed by atoms with van der Waals surface area (Å²) in [4.78, 5) is 25.2. The standard InChI is InChI=1S/C27H31BN2O6/c1-19(26(31)29-16-15-20-7-6-10-24(17-20)35-2)27(32)30-25(36-28(33)34)18-21-11-13-23(14-12-21)22-8-4-3-5-9-22/h3-14,17,19,25,33-34H,15-16,18H2,1-2H3,(H,29,31)(H,30,32)/t19?,25-/m1/s1. The van der Waals surface area contributed by atoms with Crippen molar-refractivity contribution in [3.63, 3.8) is 0 Å². The largest absolute Gasteiger partial charge is 0.635 e. The van der Waals surface area contributed by atoms with Crippen LogP contribution in [-0.4, -0.2) is 49.1 Å². The van der Waals surface area contributed by atoms with Gasteiger partial charge in [-0.3, -0.25) is 9.59 Å². The molecule has 0 fully saturated rings. The van der Waals surface area contributed by atoms with Gasteiger partial charge >= 0.3 is 7.32 Å². The Labute approximate surface area is 211 Å². The van der Waals surface area contributed by atoms with E-state index in [-0.39, 0.29) is 6.42 Å². The van der Waals surface area contributed by atoms with Crippen LogP contribution >= 0.6 is 0 Å². The fourth-order valence-corrected chi connectivity index (χ4v) is 3.67. The summed E-state index contributed by atoms with van der Waals surface area (Å²) in [6.45, 7) is 1.84. The third-order valence-corrected chi connectivity index (χ3v) is 5.71. The monoisotopic (exact) mass is 490 g/mol. The first-order chi connectivity index (χ1) is 17.4. The average molecular weight is 490 g/mol. The fourth-order valence-electron chi connectivity index (χ4n) is 3.67. The summed E-state index contributed by atoms with van der Waals surface area (Å²) in [7, 11) is -0.487. The van der Waals surface area contributed by atoms with Crippen molar-refractivity contribution < 1.29 is 29.0 Å². The molecule has 0 saturated heterocycles. The first kappa shape index (κ1) is 26.9. The predicted octanol–water partition coefficient (Wildman–Crippen LogP) is 2.33. The SMILES string of the molecule is COc1cccc(CCNC(=O)C(C)C(=O)N[C@@H](Cc2ccc(-c3ccccc3)cc2)OB(O)O)c1. The summed E-state index contributed by atoms with van der Waals surface area (Å²) >= 11 is 0. The summed E-state index contributed by atoms with van der Waals surface area (Å²) in [6, 6.07) is 25.1. The van der Waals surface area contributed by atoms with Gasteiger partial charge in [-0.25, -0.2) is 0 Å². The number of hydrogen-bond donors (Lipinski definition) is 4. The van der Waals surface area contributed by atoms with Crippen LogP contribution in [0, 0.1) is 5.92 Å². The van der Waals surface area contributed by atoms with E-state index in [9.17, 15) is 19.6 Å². The smallest absolute Gasteiger partial charge is 0.497 e. The minimum absolute atomic E-state index is 0.183. The zero-order valence-electron chi connectivity index (χ0n) is 20.4. The fraction of sp³-hybridized carbons (Fsp3) is 0.259. The van der Waals surface area contributed by atoms with Crippen molar-refractivity contribution in [1.29, 1.82) is 0 Å². The molecule has 9 heteroatoms. The molecular formula is C27H31BN2O6. The van der Waals surface area contributed by atoms with E-state index in [1.807, 2.05) is 78.9 Å². The van der Waals surface area contributed by atoms with Gasteiger partial charge in [0.05, 0.1) is 7.11 Å². The van der Waals surface area contributed by atoms with Crippen LogP contribution in [0.25, 0.3) is 11.1 Å². The maximum absolute atomic E-state index is 12.7. The number of nitrogens with one attached hydrogen (secondary N) is 2. The first-order valence-electron chi connectivity index (χ1n) is 11.7. The normalized spacial score (nSPS) is 12.3. The molecule has 3 aromatic rings. The van der Waals surface area contributed by atoms with Gasteiger partial charge in [-0.1, -0.05) is 66.7 Å². The quantitative estimate of drug-likeness (QED) is 0.176. The lowest BCUT2D eigenvalue weighted by Crippen LogP contribution is -2.47. The molecule has 0 radical (unpaired) electrons. The van der Waals surface area contributed by atoms with Crippen LogP contribution in [-0.2, 0) is 27.1 Å². The van der Waals surface area contributed by atoms with Gasteiger partial charge in [0.1, 0.15) is 17.9 Å². The van der Waals surface area contributed by atoms with Crippen LogP contribution in [0.15, 0.2) is 78.9 Å². The van der Waals surface area contributed by atoms with E-state index in [0.29, 0.717) is 13.0 Å². The molecule has 0 heterocycles. The van der Waals surface area contributed by atoms with Gasteiger partial charge in [-0.15, -0.1) is 0 Å². The van der Waals surface area contributed by atoms with Gasteiger partial charge in [0.2, 0.25) is 11.8 Å². The second-order valence-electron chi connectivity index (χ2n) is 8.34. The number of carbonyl (C=O) groups excluding carboxylic acids is 2. The Morgan fingerprint density at radius 3 is 2.25 bits per heavy atom. The molecule has 8 nitrogen and oxygen atoms in total. The molecule has 0 aromatic heterocycles. The topological polar surface area (TPSA) is 117 Å². The van der Waals surface area contributed by atoms with Gasteiger partial charge in [0.15, 0.2) is 0 Å². The Balaban J connectivity index is 1.54. The lowest BCUT2D eigenvalue weighted by Gasteiger charge is -2.21. The highest BCUT2D eigenvalue weighted by Crippen LogP contribution is 2.20. The molecule has 2 amide bonds. The second kappa shape index (κ2) is 13.4.